The second-order valence-corrected chi connectivity index (χ2v) is 6.04. The molecule has 2 aromatic rings. The van der Waals surface area contributed by atoms with Crippen molar-refractivity contribution in [3.05, 3.63) is 71.3 Å². The number of hydrogen-bond acceptors (Lipinski definition) is 2. The molecular weight excluding hydrogens is 256 g/mol. The second kappa shape index (κ2) is 6.42. The Kier molecular flexibility index (Phi) is 4.37. The Morgan fingerprint density at radius 2 is 1.71 bits per heavy atom. The van der Waals surface area contributed by atoms with Gasteiger partial charge in [0.25, 0.3) is 0 Å². The number of nitrogens with one attached hydrogen (secondary N) is 1. The summed E-state index contributed by atoms with van der Waals surface area (Å²) in [5, 5.41) is 3.51. The van der Waals surface area contributed by atoms with E-state index in [2.05, 4.69) is 78.8 Å². The summed E-state index contributed by atoms with van der Waals surface area (Å²) in [6.07, 6.45) is 0. The molecule has 21 heavy (non-hydrogen) atoms. The van der Waals surface area contributed by atoms with Crippen molar-refractivity contribution in [1.29, 1.82) is 0 Å². The van der Waals surface area contributed by atoms with Crippen molar-refractivity contribution in [1.82, 2.24) is 10.2 Å². The Morgan fingerprint density at radius 1 is 1.00 bits per heavy atom. The Bertz CT molecular complexity index is 579. The lowest BCUT2D eigenvalue weighted by Crippen LogP contribution is -2.32. The Morgan fingerprint density at radius 3 is 2.43 bits per heavy atom. The quantitative estimate of drug-likeness (QED) is 0.925. The number of benzene rings is 2. The third kappa shape index (κ3) is 3.17. The van der Waals surface area contributed by atoms with Gasteiger partial charge < -0.3 is 5.32 Å². The van der Waals surface area contributed by atoms with Gasteiger partial charge in [0, 0.05) is 31.6 Å². The zero-order valence-corrected chi connectivity index (χ0v) is 12.9. The van der Waals surface area contributed by atoms with E-state index in [1.54, 1.807) is 0 Å². The molecule has 0 spiro atoms. The summed E-state index contributed by atoms with van der Waals surface area (Å²) in [4.78, 5) is 2.56. The minimum absolute atomic E-state index is 0.537. The van der Waals surface area contributed by atoms with Gasteiger partial charge in [-0.05, 0) is 30.7 Å². The molecule has 1 aliphatic heterocycles. The van der Waals surface area contributed by atoms with Crippen molar-refractivity contribution in [3.8, 4) is 0 Å². The largest absolute Gasteiger partial charge is 0.315 e. The average Bonchev–Trinajstić information content (AvgIpc) is 2.91. The highest BCUT2D eigenvalue weighted by molar-refractivity contribution is 5.32. The van der Waals surface area contributed by atoms with Crippen LogP contribution in [-0.4, -0.2) is 31.1 Å². The van der Waals surface area contributed by atoms with Gasteiger partial charge in [0.1, 0.15) is 0 Å². The van der Waals surface area contributed by atoms with Crippen LogP contribution >= 0.6 is 0 Å². The molecule has 3 rings (SSSR count). The molecular formula is C19H24N2. The molecule has 2 heteroatoms. The Balaban J connectivity index is 1.76. The zero-order valence-electron chi connectivity index (χ0n) is 12.9. The van der Waals surface area contributed by atoms with Crippen LogP contribution in [0, 0.1) is 6.92 Å². The molecule has 0 unspecified atom stereocenters. The Labute approximate surface area is 127 Å². The summed E-state index contributed by atoms with van der Waals surface area (Å²) in [6.45, 7) is 5.51. The van der Waals surface area contributed by atoms with Crippen LogP contribution in [0.3, 0.4) is 0 Å². The summed E-state index contributed by atoms with van der Waals surface area (Å²) in [7, 11) is 2.09. The van der Waals surface area contributed by atoms with E-state index in [9.17, 15) is 0 Å². The van der Waals surface area contributed by atoms with Crippen molar-refractivity contribution in [2.75, 3.05) is 20.1 Å². The van der Waals surface area contributed by atoms with E-state index in [1.165, 1.54) is 16.7 Å². The van der Waals surface area contributed by atoms with E-state index in [0.29, 0.717) is 12.0 Å². The van der Waals surface area contributed by atoms with Gasteiger partial charge in [-0.25, -0.2) is 0 Å². The lowest BCUT2D eigenvalue weighted by Gasteiger charge is -2.20. The van der Waals surface area contributed by atoms with Crippen molar-refractivity contribution in [2.45, 2.75) is 25.4 Å². The highest BCUT2D eigenvalue weighted by Crippen LogP contribution is 2.30. The molecule has 1 aliphatic rings. The van der Waals surface area contributed by atoms with Gasteiger partial charge >= 0.3 is 0 Å². The number of likely N-dealkylation sites (N-methyl/N-ethyl adjacent to an activating group) is 1. The lowest BCUT2D eigenvalue weighted by molar-refractivity contribution is 0.320. The predicted molar refractivity (Wildman–Crippen MR) is 88.5 cm³/mol. The fourth-order valence-corrected chi connectivity index (χ4v) is 3.47. The van der Waals surface area contributed by atoms with Crippen LogP contribution in [0.1, 0.15) is 22.6 Å². The van der Waals surface area contributed by atoms with Crippen molar-refractivity contribution < 1.29 is 0 Å². The van der Waals surface area contributed by atoms with E-state index >= 15 is 0 Å². The fourth-order valence-electron chi connectivity index (χ4n) is 3.47. The second-order valence-electron chi connectivity index (χ2n) is 6.04. The van der Waals surface area contributed by atoms with E-state index in [1.807, 2.05) is 0 Å². The van der Waals surface area contributed by atoms with Crippen molar-refractivity contribution in [2.24, 2.45) is 0 Å². The predicted octanol–water partition coefficient (Wildman–Crippen LogP) is 3.18. The maximum absolute atomic E-state index is 3.51. The zero-order chi connectivity index (χ0) is 14.7. The molecule has 1 N–H and O–H groups in total. The first kappa shape index (κ1) is 14.3. The average molecular weight is 280 g/mol. The molecule has 2 aromatic carbocycles. The molecule has 0 aliphatic carbocycles. The van der Waals surface area contributed by atoms with E-state index < -0.39 is 0 Å². The lowest BCUT2D eigenvalue weighted by atomic mass is 9.91. The van der Waals surface area contributed by atoms with Crippen LogP contribution in [-0.2, 0) is 6.54 Å². The molecule has 110 valence electrons. The number of rotatable bonds is 4. The molecule has 2 atom stereocenters. The molecule has 0 aromatic heterocycles. The normalized spacial score (nSPS) is 22.6. The number of likely N-dealkylation sites (tertiary alicyclic amines) is 1. The van der Waals surface area contributed by atoms with Crippen LogP contribution in [0.15, 0.2) is 54.6 Å². The molecule has 0 radical (unpaired) electrons. The first-order valence-corrected chi connectivity index (χ1v) is 7.77. The number of aryl methyl sites for hydroxylation is 1. The highest BCUT2D eigenvalue weighted by Gasteiger charge is 2.33. The minimum Gasteiger partial charge on any atom is -0.315 e. The summed E-state index contributed by atoms with van der Waals surface area (Å²) >= 11 is 0. The molecule has 0 bridgehead atoms. The highest BCUT2D eigenvalue weighted by atomic mass is 15.2. The van der Waals surface area contributed by atoms with Gasteiger partial charge in [-0.3, -0.25) is 4.90 Å². The third-order valence-corrected chi connectivity index (χ3v) is 4.60. The Hall–Kier alpha value is -1.64. The number of nitrogens with zero attached hydrogens (tertiary/aromatic N) is 1. The summed E-state index contributed by atoms with van der Waals surface area (Å²) in [6, 6.07) is 20.1. The molecule has 1 fully saturated rings. The molecule has 2 nitrogen and oxygen atoms in total. The van der Waals surface area contributed by atoms with Crippen LogP contribution in [0.2, 0.25) is 0 Å². The van der Waals surface area contributed by atoms with Crippen LogP contribution in [0.25, 0.3) is 0 Å². The topological polar surface area (TPSA) is 15.3 Å². The van der Waals surface area contributed by atoms with Gasteiger partial charge in [-0.1, -0.05) is 54.6 Å². The summed E-state index contributed by atoms with van der Waals surface area (Å²) in [5.41, 5.74) is 4.30. The SMILES string of the molecule is CN[C@@H]1CN(Cc2ccccc2)C[C@H]1c1ccccc1C. The third-order valence-electron chi connectivity index (χ3n) is 4.60. The summed E-state index contributed by atoms with van der Waals surface area (Å²) in [5.74, 6) is 0.583. The van der Waals surface area contributed by atoms with Gasteiger partial charge in [0.15, 0.2) is 0 Å². The smallest absolute Gasteiger partial charge is 0.0273 e. The number of hydrogen-bond donors (Lipinski definition) is 1. The van der Waals surface area contributed by atoms with E-state index in [-0.39, 0.29) is 0 Å². The molecule has 1 heterocycles. The molecule has 1 saturated heterocycles. The standard InChI is InChI=1S/C19H24N2/c1-15-8-6-7-11-17(15)18-13-21(14-19(18)20-2)12-16-9-4-3-5-10-16/h3-11,18-20H,12-14H2,1-2H3/t18-,19+/m0/s1. The maximum Gasteiger partial charge on any atom is 0.0273 e. The van der Waals surface area contributed by atoms with Gasteiger partial charge in [0.05, 0.1) is 0 Å². The molecule has 0 saturated carbocycles. The fraction of sp³-hybridized carbons (Fsp3) is 0.368. The van der Waals surface area contributed by atoms with Gasteiger partial charge in [-0.15, -0.1) is 0 Å². The van der Waals surface area contributed by atoms with Gasteiger partial charge in [-0.2, -0.15) is 0 Å². The van der Waals surface area contributed by atoms with E-state index in [4.69, 9.17) is 0 Å². The monoisotopic (exact) mass is 280 g/mol. The van der Waals surface area contributed by atoms with E-state index in [0.717, 1.165) is 19.6 Å². The van der Waals surface area contributed by atoms with Gasteiger partial charge in [0.2, 0.25) is 0 Å². The molecule has 0 amide bonds. The first-order valence-electron chi connectivity index (χ1n) is 7.77. The van der Waals surface area contributed by atoms with Crippen LogP contribution < -0.4 is 5.32 Å². The first-order chi connectivity index (χ1) is 10.3. The van der Waals surface area contributed by atoms with Crippen LogP contribution in [0.5, 0.6) is 0 Å². The van der Waals surface area contributed by atoms with Crippen molar-refractivity contribution >= 4 is 0 Å². The van der Waals surface area contributed by atoms with Crippen LogP contribution in [0.4, 0.5) is 0 Å². The summed E-state index contributed by atoms with van der Waals surface area (Å²) < 4.78 is 0. The maximum atomic E-state index is 3.51. The minimum atomic E-state index is 0.537. The van der Waals surface area contributed by atoms with Crippen molar-refractivity contribution in [3.63, 3.8) is 0 Å².